The second-order valence-electron chi connectivity index (χ2n) is 7.93. The Morgan fingerprint density at radius 3 is 1.83 bits per heavy atom. The molecule has 0 saturated carbocycles. The zero-order valence-corrected chi connectivity index (χ0v) is 17.0. The minimum atomic E-state index is 0.247. The van der Waals surface area contributed by atoms with Crippen LogP contribution in [0, 0.1) is 5.92 Å². The van der Waals surface area contributed by atoms with Gasteiger partial charge in [0.2, 0.25) is 5.91 Å². The molecule has 24 heavy (non-hydrogen) atoms. The van der Waals surface area contributed by atoms with Crippen LogP contribution in [0.5, 0.6) is 0 Å². The zero-order chi connectivity index (χ0) is 18.0. The summed E-state index contributed by atoms with van der Waals surface area (Å²) in [5.74, 6) is 1.02. The fourth-order valence-corrected chi connectivity index (χ4v) is 2.86. The lowest BCUT2D eigenvalue weighted by Gasteiger charge is -2.07. The summed E-state index contributed by atoms with van der Waals surface area (Å²) in [7, 11) is 0. The van der Waals surface area contributed by atoms with Crippen LogP contribution in [0.25, 0.3) is 0 Å². The quantitative estimate of drug-likeness (QED) is 0.346. The van der Waals surface area contributed by atoms with Gasteiger partial charge < -0.3 is 10.6 Å². The molecule has 0 aromatic rings. The third-order valence-electron chi connectivity index (χ3n) is 4.41. The van der Waals surface area contributed by atoms with Crippen LogP contribution in [0.4, 0.5) is 0 Å². The van der Waals surface area contributed by atoms with Gasteiger partial charge in [0.25, 0.3) is 0 Å². The first kappa shape index (κ1) is 23.4. The maximum atomic E-state index is 11.7. The fourth-order valence-electron chi connectivity index (χ4n) is 2.86. The number of amides is 1. The Kier molecular flexibility index (Phi) is 16.8. The fraction of sp³-hybridized carbons (Fsp3) is 0.952. The lowest BCUT2D eigenvalue weighted by molar-refractivity contribution is -0.121. The molecule has 0 aliphatic carbocycles. The Morgan fingerprint density at radius 2 is 1.25 bits per heavy atom. The number of hydrogen-bond donors (Lipinski definition) is 2. The molecule has 0 unspecified atom stereocenters. The summed E-state index contributed by atoms with van der Waals surface area (Å²) >= 11 is 0. The van der Waals surface area contributed by atoms with Crippen LogP contribution in [-0.2, 0) is 4.79 Å². The van der Waals surface area contributed by atoms with Crippen molar-refractivity contribution in [3.05, 3.63) is 0 Å². The molecule has 0 atom stereocenters. The highest BCUT2D eigenvalue weighted by Gasteiger charge is 2.01. The first-order valence-electron chi connectivity index (χ1n) is 10.5. The summed E-state index contributed by atoms with van der Waals surface area (Å²) in [6.07, 6.45) is 14.6. The van der Waals surface area contributed by atoms with Crippen molar-refractivity contribution < 1.29 is 4.79 Å². The van der Waals surface area contributed by atoms with E-state index < -0.39 is 0 Å². The standard InChI is InChI=1S/C21H44N2O/c1-19(2)15-12-14-18-23-21(24)16-11-9-7-5-6-8-10-13-17-22-20(3)4/h19-20,22H,5-18H2,1-4H3,(H,23,24). The van der Waals surface area contributed by atoms with Gasteiger partial charge >= 0.3 is 0 Å². The van der Waals surface area contributed by atoms with Crippen LogP contribution in [0.15, 0.2) is 0 Å². The first-order valence-corrected chi connectivity index (χ1v) is 10.5. The highest BCUT2D eigenvalue weighted by atomic mass is 16.1. The molecule has 3 heteroatoms. The van der Waals surface area contributed by atoms with E-state index in [4.69, 9.17) is 0 Å². The van der Waals surface area contributed by atoms with Gasteiger partial charge in [0, 0.05) is 19.0 Å². The third kappa shape index (κ3) is 19.5. The van der Waals surface area contributed by atoms with E-state index >= 15 is 0 Å². The molecule has 0 radical (unpaired) electrons. The highest BCUT2D eigenvalue weighted by Crippen LogP contribution is 2.10. The molecule has 0 heterocycles. The van der Waals surface area contributed by atoms with Crippen LogP contribution in [-0.4, -0.2) is 25.0 Å². The number of hydrogen-bond acceptors (Lipinski definition) is 2. The maximum absolute atomic E-state index is 11.7. The van der Waals surface area contributed by atoms with E-state index in [1.165, 1.54) is 57.8 Å². The van der Waals surface area contributed by atoms with Gasteiger partial charge in [-0.2, -0.15) is 0 Å². The van der Waals surface area contributed by atoms with Crippen LogP contribution in [0.1, 0.15) is 105 Å². The number of rotatable bonds is 17. The van der Waals surface area contributed by atoms with E-state index in [2.05, 4.69) is 38.3 Å². The largest absolute Gasteiger partial charge is 0.356 e. The van der Waals surface area contributed by atoms with E-state index in [-0.39, 0.29) is 5.91 Å². The van der Waals surface area contributed by atoms with Crippen LogP contribution in [0.2, 0.25) is 0 Å². The molecular formula is C21H44N2O. The van der Waals surface area contributed by atoms with Crippen LogP contribution < -0.4 is 10.6 Å². The second kappa shape index (κ2) is 17.3. The minimum Gasteiger partial charge on any atom is -0.356 e. The monoisotopic (exact) mass is 340 g/mol. The van der Waals surface area contributed by atoms with Crippen molar-refractivity contribution in [2.75, 3.05) is 13.1 Å². The van der Waals surface area contributed by atoms with Crippen LogP contribution in [0.3, 0.4) is 0 Å². The Balaban J connectivity index is 3.16. The Bertz CT molecular complexity index is 277. The molecule has 3 nitrogen and oxygen atoms in total. The summed E-state index contributed by atoms with van der Waals surface area (Å²) in [5.41, 5.74) is 0. The van der Waals surface area contributed by atoms with Gasteiger partial charge in [-0.25, -0.2) is 0 Å². The lowest BCUT2D eigenvalue weighted by atomic mass is 10.1. The molecule has 0 aromatic carbocycles. The van der Waals surface area contributed by atoms with E-state index in [1.54, 1.807) is 0 Å². The molecule has 0 aliphatic heterocycles. The predicted molar refractivity (Wildman–Crippen MR) is 106 cm³/mol. The van der Waals surface area contributed by atoms with Crippen LogP contribution >= 0.6 is 0 Å². The van der Waals surface area contributed by atoms with Gasteiger partial charge in [-0.05, 0) is 31.7 Å². The van der Waals surface area contributed by atoms with Crippen molar-refractivity contribution in [3.63, 3.8) is 0 Å². The van der Waals surface area contributed by atoms with Gasteiger partial charge in [0.05, 0.1) is 0 Å². The molecule has 0 rings (SSSR count). The van der Waals surface area contributed by atoms with Crippen molar-refractivity contribution in [1.29, 1.82) is 0 Å². The molecular weight excluding hydrogens is 296 g/mol. The molecule has 0 bridgehead atoms. The Hall–Kier alpha value is -0.570. The Labute approximate surface area is 151 Å². The zero-order valence-electron chi connectivity index (χ0n) is 17.0. The van der Waals surface area contributed by atoms with Crippen molar-refractivity contribution in [3.8, 4) is 0 Å². The lowest BCUT2D eigenvalue weighted by Crippen LogP contribution is -2.24. The summed E-state index contributed by atoms with van der Waals surface area (Å²) in [4.78, 5) is 11.7. The summed E-state index contributed by atoms with van der Waals surface area (Å²) in [6, 6.07) is 0.613. The predicted octanol–water partition coefficient (Wildman–Crippen LogP) is 5.44. The molecule has 1 amide bonds. The molecule has 2 N–H and O–H groups in total. The summed E-state index contributed by atoms with van der Waals surface area (Å²) in [6.45, 7) is 10.9. The van der Waals surface area contributed by atoms with E-state index in [0.717, 1.165) is 31.8 Å². The topological polar surface area (TPSA) is 41.1 Å². The van der Waals surface area contributed by atoms with Gasteiger partial charge in [-0.3, -0.25) is 4.79 Å². The summed E-state index contributed by atoms with van der Waals surface area (Å²) < 4.78 is 0. The van der Waals surface area contributed by atoms with E-state index in [9.17, 15) is 4.79 Å². The van der Waals surface area contributed by atoms with Gasteiger partial charge in [0.15, 0.2) is 0 Å². The normalized spacial score (nSPS) is 11.4. The number of carbonyl (C=O) groups is 1. The molecule has 0 fully saturated rings. The maximum Gasteiger partial charge on any atom is 0.219 e. The van der Waals surface area contributed by atoms with Gasteiger partial charge in [-0.15, -0.1) is 0 Å². The molecule has 0 aliphatic rings. The van der Waals surface area contributed by atoms with Crippen molar-refractivity contribution in [2.24, 2.45) is 5.92 Å². The first-order chi connectivity index (χ1) is 11.5. The second-order valence-corrected chi connectivity index (χ2v) is 7.93. The van der Waals surface area contributed by atoms with Gasteiger partial charge in [-0.1, -0.05) is 79.1 Å². The van der Waals surface area contributed by atoms with Gasteiger partial charge in [0.1, 0.15) is 0 Å². The Morgan fingerprint density at radius 1 is 0.708 bits per heavy atom. The highest BCUT2D eigenvalue weighted by molar-refractivity contribution is 5.75. The number of nitrogens with one attached hydrogen (secondary N) is 2. The summed E-state index contributed by atoms with van der Waals surface area (Å²) in [5, 5.41) is 6.51. The molecule has 0 spiro atoms. The molecule has 0 saturated heterocycles. The molecule has 144 valence electrons. The third-order valence-corrected chi connectivity index (χ3v) is 4.41. The minimum absolute atomic E-state index is 0.247. The average Bonchev–Trinajstić information content (AvgIpc) is 2.51. The smallest absolute Gasteiger partial charge is 0.219 e. The van der Waals surface area contributed by atoms with E-state index in [1.807, 2.05) is 0 Å². The number of unbranched alkanes of at least 4 members (excludes halogenated alkanes) is 8. The number of carbonyl (C=O) groups excluding carboxylic acids is 1. The average molecular weight is 341 g/mol. The SMILES string of the molecule is CC(C)CCCCNC(=O)CCCCCCCCCCNC(C)C. The molecule has 0 aromatic heterocycles. The van der Waals surface area contributed by atoms with E-state index in [0.29, 0.717) is 12.5 Å². The van der Waals surface area contributed by atoms with Crippen molar-refractivity contribution in [1.82, 2.24) is 10.6 Å². The van der Waals surface area contributed by atoms with Crippen molar-refractivity contribution in [2.45, 2.75) is 111 Å². The van der Waals surface area contributed by atoms with Crippen molar-refractivity contribution >= 4 is 5.91 Å².